The molecule has 1 saturated carbocycles. The second-order valence-electron chi connectivity index (χ2n) is 6.79. The molecule has 1 aliphatic rings. The molecule has 2 heterocycles. The molecule has 1 fully saturated rings. The summed E-state index contributed by atoms with van der Waals surface area (Å²) in [5, 5.41) is 18.4. The highest BCUT2D eigenvalue weighted by Crippen LogP contribution is 2.24. The van der Waals surface area contributed by atoms with Crippen LogP contribution in [0.15, 0.2) is 42.7 Å². The Kier molecular flexibility index (Phi) is 5.57. The van der Waals surface area contributed by atoms with Gasteiger partial charge in [0.05, 0.1) is 17.8 Å². The third kappa shape index (κ3) is 4.90. The maximum atomic E-state index is 14.1. The van der Waals surface area contributed by atoms with Crippen LogP contribution in [0.3, 0.4) is 0 Å². The van der Waals surface area contributed by atoms with Crippen molar-refractivity contribution in [3.05, 3.63) is 64.5 Å². The van der Waals surface area contributed by atoms with Gasteiger partial charge in [-0.15, -0.1) is 0 Å². The van der Waals surface area contributed by atoms with E-state index in [1.807, 2.05) is 0 Å². The predicted molar refractivity (Wildman–Crippen MR) is 111 cm³/mol. The number of aromatic nitrogens is 2. The van der Waals surface area contributed by atoms with E-state index in [-0.39, 0.29) is 23.2 Å². The van der Waals surface area contributed by atoms with Crippen LogP contribution < -0.4 is 16.0 Å². The molecule has 0 atom stereocenters. The predicted octanol–water partition coefficient (Wildman–Crippen LogP) is 3.62. The minimum Gasteiger partial charge on any atom is -0.478 e. The molecule has 0 saturated heterocycles. The summed E-state index contributed by atoms with van der Waals surface area (Å²) < 4.78 is 14.1. The lowest BCUT2D eigenvalue weighted by atomic mass is 10.1. The molecular formula is C20H18FN5O3S. The third-order valence-corrected chi connectivity index (χ3v) is 5.31. The lowest BCUT2D eigenvalue weighted by Gasteiger charge is -2.09. The lowest BCUT2D eigenvalue weighted by Crippen LogP contribution is -2.25. The van der Waals surface area contributed by atoms with E-state index >= 15 is 0 Å². The summed E-state index contributed by atoms with van der Waals surface area (Å²) >= 11 is 1.35. The Morgan fingerprint density at radius 1 is 1.13 bits per heavy atom. The molecule has 4 N–H and O–H groups in total. The summed E-state index contributed by atoms with van der Waals surface area (Å²) in [4.78, 5) is 32.1. The fraction of sp³-hybridized carbons (Fsp3) is 0.200. The number of amides is 1. The van der Waals surface area contributed by atoms with Crippen molar-refractivity contribution in [3.8, 4) is 0 Å². The highest BCUT2D eigenvalue weighted by Gasteiger charge is 2.24. The first-order chi connectivity index (χ1) is 14.5. The van der Waals surface area contributed by atoms with Crippen LogP contribution >= 0.6 is 11.3 Å². The maximum absolute atomic E-state index is 14.1. The average molecular weight is 427 g/mol. The molecule has 154 valence electrons. The summed E-state index contributed by atoms with van der Waals surface area (Å²) in [6, 6.07) is 7.48. The standard InChI is InChI=1S/C20H18FN5O3S/c21-15-5-1-11(18(27)25-13-3-4-13)7-16(15)22-9-14-10-24-20(30-14)26-17-6-2-12(8-23-17)19(28)29/h1-2,5-8,10,13,22H,3-4,9H2,(H,25,27)(H,28,29)(H,23,24,26). The number of hydrogen-bond acceptors (Lipinski definition) is 7. The molecule has 8 nitrogen and oxygen atoms in total. The van der Waals surface area contributed by atoms with Crippen molar-refractivity contribution < 1.29 is 19.1 Å². The van der Waals surface area contributed by atoms with Crippen LogP contribution in [0.1, 0.15) is 38.4 Å². The first-order valence-corrected chi connectivity index (χ1v) is 10.0. The Balaban J connectivity index is 1.37. The fourth-order valence-corrected chi connectivity index (χ4v) is 3.39. The first-order valence-electron chi connectivity index (χ1n) is 9.23. The van der Waals surface area contributed by atoms with Crippen LogP contribution in [0.25, 0.3) is 0 Å². The summed E-state index contributed by atoms with van der Waals surface area (Å²) in [7, 11) is 0. The molecule has 1 amide bonds. The van der Waals surface area contributed by atoms with E-state index in [2.05, 4.69) is 25.9 Å². The number of aromatic carboxylic acids is 1. The molecule has 0 unspecified atom stereocenters. The van der Waals surface area contributed by atoms with Crippen molar-refractivity contribution in [3.63, 3.8) is 0 Å². The van der Waals surface area contributed by atoms with E-state index in [1.54, 1.807) is 12.3 Å². The summed E-state index contributed by atoms with van der Waals surface area (Å²) in [5.74, 6) is -1.22. The minimum absolute atomic E-state index is 0.0969. The van der Waals surface area contributed by atoms with Crippen molar-refractivity contribution in [2.45, 2.75) is 25.4 Å². The van der Waals surface area contributed by atoms with Crippen LogP contribution in [0.4, 0.5) is 21.0 Å². The number of carbonyl (C=O) groups excluding carboxylic acids is 1. The van der Waals surface area contributed by atoms with Crippen LogP contribution in [0.2, 0.25) is 0 Å². The Morgan fingerprint density at radius 2 is 1.93 bits per heavy atom. The van der Waals surface area contributed by atoms with Gasteiger partial charge in [-0.2, -0.15) is 0 Å². The fourth-order valence-electron chi connectivity index (χ4n) is 2.63. The van der Waals surface area contributed by atoms with E-state index in [1.165, 1.54) is 41.8 Å². The van der Waals surface area contributed by atoms with Crippen LogP contribution in [0, 0.1) is 5.82 Å². The van der Waals surface area contributed by atoms with Crippen molar-refractivity contribution in [1.29, 1.82) is 0 Å². The Morgan fingerprint density at radius 3 is 2.63 bits per heavy atom. The van der Waals surface area contributed by atoms with E-state index in [4.69, 9.17) is 5.11 Å². The highest BCUT2D eigenvalue weighted by atomic mass is 32.1. The molecule has 30 heavy (non-hydrogen) atoms. The molecule has 0 bridgehead atoms. The smallest absolute Gasteiger partial charge is 0.337 e. The SMILES string of the molecule is O=C(O)c1ccc(Nc2ncc(CNc3cc(C(=O)NC4CC4)ccc3F)s2)nc1. The molecular weight excluding hydrogens is 409 g/mol. The van der Waals surface area contributed by atoms with Crippen molar-refractivity contribution >= 4 is 39.9 Å². The van der Waals surface area contributed by atoms with Crippen molar-refractivity contribution in [2.75, 3.05) is 10.6 Å². The molecule has 10 heteroatoms. The number of nitrogens with zero attached hydrogens (tertiary/aromatic N) is 2. The minimum atomic E-state index is -1.04. The van der Waals surface area contributed by atoms with Gasteiger partial charge in [-0.3, -0.25) is 4.79 Å². The van der Waals surface area contributed by atoms with Crippen LogP contribution in [0.5, 0.6) is 0 Å². The number of pyridine rings is 1. The summed E-state index contributed by atoms with van der Waals surface area (Å²) in [5.41, 5.74) is 0.750. The van der Waals surface area contributed by atoms with Gasteiger partial charge in [-0.1, -0.05) is 11.3 Å². The Bertz CT molecular complexity index is 1080. The number of anilines is 3. The highest BCUT2D eigenvalue weighted by molar-refractivity contribution is 7.15. The Labute approximate surface area is 175 Å². The van der Waals surface area contributed by atoms with Gasteiger partial charge in [0.15, 0.2) is 5.13 Å². The zero-order valence-electron chi connectivity index (χ0n) is 15.7. The van der Waals surface area contributed by atoms with Gasteiger partial charge >= 0.3 is 5.97 Å². The number of halogens is 1. The zero-order valence-corrected chi connectivity index (χ0v) is 16.5. The van der Waals surface area contributed by atoms with Gasteiger partial charge in [0.25, 0.3) is 5.91 Å². The second kappa shape index (κ2) is 8.46. The summed E-state index contributed by atoms with van der Waals surface area (Å²) in [6.07, 6.45) is 4.88. The lowest BCUT2D eigenvalue weighted by molar-refractivity contribution is 0.0696. The number of carboxylic acids is 1. The van der Waals surface area contributed by atoms with Gasteiger partial charge in [0.2, 0.25) is 0 Å². The number of thiazole rings is 1. The first kappa shape index (κ1) is 19.8. The number of hydrogen-bond donors (Lipinski definition) is 4. The normalized spacial score (nSPS) is 13.0. The van der Waals surface area contributed by atoms with Crippen molar-refractivity contribution in [2.24, 2.45) is 0 Å². The molecule has 3 aromatic rings. The van der Waals surface area contributed by atoms with Gasteiger partial charge in [-0.25, -0.2) is 19.2 Å². The third-order valence-electron chi connectivity index (χ3n) is 4.39. The van der Waals surface area contributed by atoms with Gasteiger partial charge in [0, 0.05) is 28.9 Å². The van der Waals surface area contributed by atoms with Gasteiger partial charge in [-0.05, 0) is 43.2 Å². The molecule has 1 aromatic carbocycles. The molecule has 0 aliphatic heterocycles. The van der Waals surface area contributed by atoms with E-state index in [0.717, 1.165) is 17.7 Å². The maximum Gasteiger partial charge on any atom is 0.337 e. The molecule has 0 spiro atoms. The van der Waals surface area contributed by atoms with E-state index in [0.29, 0.717) is 23.1 Å². The number of benzene rings is 1. The largest absolute Gasteiger partial charge is 0.478 e. The average Bonchev–Trinajstić information content (AvgIpc) is 3.44. The summed E-state index contributed by atoms with van der Waals surface area (Å²) in [6.45, 7) is 0.329. The van der Waals surface area contributed by atoms with E-state index < -0.39 is 11.8 Å². The van der Waals surface area contributed by atoms with Crippen molar-refractivity contribution in [1.82, 2.24) is 15.3 Å². The number of nitrogens with one attached hydrogen (secondary N) is 3. The number of rotatable bonds is 8. The topological polar surface area (TPSA) is 116 Å². The van der Waals surface area contributed by atoms with Crippen LogP contribution in [-0.4, -0.2) is 33.0 Å². The molecule has 0 radical (unpaired) electrons. The molecule has 4 rings (SSSR count). The zero-order chi connectivity index (χ0) is 21.1. The van der Waals surface area contributed by atoms with Gasteiger partial charge in [0.1, 0.15) is 11.6 Å². The number of carboxylic acid groups (broad SMARTS) is 1. The van der Waals surface area contributed by atoms with Crippen LogP contribution in [-0.2, 0) is 6.54 Å². The quantitative estimate of drug-likeness (QED) is 0.434. The monoisotopic (exact) mass is 427 g/mol. The molecule has 1 aliphatic carbocycles. The number of carbonyl (C=O) groups is 2. The Hall–Kier alpha value is -3.53. The molecule has 2 aromatic heterocycles. The van der Waals surface area contributed by atoms with E-state index in [9.17, 15) is 14.0 Å². The van der Waals surface area contributed by atoms with Gasteiger partial charge < -0.3 is 21.1 Å². The second-order valence-corrected chi connectivity index (χ2v) is 7.91.